The Morgan fingerprint density at radius 1 is 1.62 bits per heavy atom. The van der Waals surface area contributed by atoms with Crippen LogP contribution in [0.2, 0.25) is 0 Å². The van der Waals surface area contributed by atoms with Crippen LogP contribution < -0.4 is 11.2 Å². The fourth-order valence-electron chi connectivity index (χ4n) is 2.01. The van der Waals surface area contributed by atoms with Crippen molar-refractivity contribution in [3.8, 4) is 0 Å². The first-order valence-corrected chi connectivity index (χ1v) is 6.46. The first-order chi connectivity index (χ1) is 9.92. The minimum Gasteiger partial charge on any atom is -0.457 e. The minimum absolute atomic E-state index is 0.0258. The van der Waals surface area contributed by atoms with Gasteiger partial charge in [-0.3, -0.25) is 19.1 Å². The molecule has 1 fully saturated rings. The quantitative estimate of drug-likeness (QED) is 0.734. The molecule has 0 aliphatic carbocycles. The van der Waals surface area contributed by atoms with Crippen molar-refractivity contribution in [2.75, 3.05) is 0 Å². The van der Waals surface area contributed by atoms with Crippen molar-refractivity contribution < 1.29 is 23.8 Å². The van der Waals surface area contributed by atoms with Crippen molar-refractivity contribution in [2.24, 2.45) is 0 Å². The van der Waals surface area contributed by atoms with Gasteiger partial charge in [-0.25, -0.2) is 4.79 Å². The molecule has 3 atom stereocenters. The van der Waals surface area contributed by atoms with Crippen LogP contribution in [0.15, 0.2) is 15.8 Å². The van der Waals surface area contributed by atoms with Crippen molar-refractivity contribution in [1.29, 1.82) is 0 Å². The average Bonchev–Trinajstić information content (AvgIpc) is 2.75. The van der Waals surface area contributed by atoms with E-state index >= 15 is 0 Å². The second-order valence-electron chi connectivity index (χ2n) is 4.64. The van der Waals surface area contributed by atoms with Gasteiger partial charge in [0.2, 0.25) is 5.82 Å². The zero-order chi connectivity index (χ0) is 15.6. The SMILES string of the molecule is CCCC(=O)OC1CC(n2cc(F)c(=O)[nH]c2=O)OC1O. The number of aliphatic hydroxyl groups is 1. The molecule has 8 nitrogen and oxygen atoms in total. The van der Waals surface area contributed by atoms with Gasteiger partial charge in [-0.2, -0.15) is 4.39 Å². The Labute approximate surface area is 118 Å². The van der Waals surface area contributed by atoms with E-state index < -0.39 is 41.7 Å². The Hall–Kier alpha value is -2.00. The predicted molar refractivity (Wildman–Crippen MR) is 66.8 cm³/mol. The van der Waals surface area contributed by atoms with Gasteiger partial charge in [-0.05, 0) is 6.42 Å². The standard InChI is InChI=1S/C12H15FN2O6/c1-2-3-9(16)20-7-4-8(21-11(7)18)15-5-6(13)10(17)14-12(15)19/h5,7-8,11,18H,2-4H2,1H3,(H,14,17,19). The van der Waals surface area contributed by atoms with Crippen LogP contribution in [0.25, 0.3) is 0 Å². The molecule has 1 aliphatic heterocycles. The fourth-order valence-corrected chi connectivity index (χ4v) is 2.01. The lowest BCUT2D eigenvalue weighted by atomic mass is 10.2. The maximum absolute atomic E-state index is 13.2. The molecule has 21 heavy (non-hydrogen) atoms. The van der Waals surface area contributed by atoms with Crippen molar-refractivity contribution in [3.05, 3.63) is 32.9 Å². The molecule has 1 saturated heterocycles. The van der Waals surface area contributed by atoms with Gasteiger partial charge in [0.1, 0.15) is 6.23 Å². The molecule has 1 aromatic rings. The second kappa shape index (κ2) is 6.19. The molecule has 2 rings (SSSR count). The van der Waals surface area contributed by atoms with E-state index in [0.29, 0.717) is 12.6 Å². The number of rotatable bonds is 4. The molecule has 0 radical (unpaired) electrons. The molecule has 2 N–H and O–H groups in total. The van der Waals surface area contributed by atoms with E-state index in [1.807, 2.05) is 0 Å². The summed E-state index contributed by atoms with van der Waals surface area (Å²) in [6.07, 6.45) is -1.94. The van der Waals surface area contributed by atoms with E-state index in [2.05, 4.69) is 0 Å². The van der Waals surface area contributed by atoms with Gasteiger partial charge in [-0.15, -0.1) is 0 Å². The summed E-state index contributed by atoms with van der Waals surface area (Å²) < 4.78 is 24.1. The maximum atomic E-state index is 13.2. The average molecular weight is 302 g/mol. The number of ether oxygens (including phenoxy) is 2. The molecular weight excluding hydrogens is 287 g/mol. The fraction of sp³-hybridized carbons (Fsp3) is 0.583. The van der Waals surface area contributed by atoms with Crippen LogP contribution in [-0.2, 0) is 14.3 Å². The summed E-state index contributed by atoms with van der Waals surface area (Å²) in [4.78, 5) is 35.7. The lowest BCUT2D eigenvalue weighted by Crippen LogP contribution is -2.33. The summed E-state index contributed by atoms with van der Waals surface area (Å²) in [7, 11) is 0. The summed E-state index contributed by atoms with van der Waals surface area (Å²) in [6.45, 7) is 1.80. The second-order valence-corrected chi connectivity index (χ2v) is 4.64. The number of esters is 1. The highest BCUT2D eigenvalue weighted by Crippen LogP contribution is 2.28. The van der Waals surface area contributed by atoms with Crippen LogP contribution in [-0.4, -0.2) is 33.0 Å². The molecule has 0 saturated carbocycles. The summed E-state index contributed by atoms with van der Waals surface area (Å²) in [6, 6.07) is 0. The Morgan fingerprint density at radius 2 is 2.33 bits per heavy atom. The third-order valence-corrected chi connectivity index (χ3v) is 3.02. The predicted octanol–water partition coefficient (Wildman–Crippen LogP) is -0.375. The molecule has 1 aromatic heterocycles. The van der Waals surface area contributed by atoms with Crippen molar-refractivity contribution in [1.82, 2.24) is 9.55 Å². The van der Waals surface area contributed by atoms with Crippen LogP contribution in [0.1, 0.15) is 32.4 Å². The highest BCUT2D eigenvalue weighted by Gasteiger charge is 2.38. The highest BCUT2D eigenvalue weighted by atomic mass is 19.1. The number of nitrogens with zero attached hydrogens (tertiary/aromatic N) is 1. The number of aromatic nitrogens is 2. The van der Waals surface area contributed by atoms with Gasteiger partial charge in [0.05, 0.1) is 6.20 Å². The van der Waals surface area contributed by atoms with Crippen molar-refractivity contribution >= 4 is 5.97 Å². The normalized spacial score (nSPS) is 25.0. The first kappa shape index (κ1) is 15.4. The smallest absolute Gasteiger partial charge is 0.330 e. The molecule has 1 aliphatic rings. The topological polar surface area (TPSA) is 111 Å². The molecule has 0 aromatic carbocycles. The Balaban J connectivity index is 2.14. The number of hydrogen-bond donors (Lipinski definition) is 2. The Morgan fingerprint density at radius 3 is 3.00 bits per heavy atom. The Bertz CT molecular complexity index is 639. The van der Waals surface area contributed by atoms with Crippen molar-refractivity contribution in [3.63, 3.8) is 0 Å². The van der Waals surface area contributed by atoms with Gasteiger partial charge in [-0.1, -0.05) is 6.92 Å². The van der Waals surface area contributed by atoms with Gasteiger partial charge in [0.15, 0.2) is 12.4 Å². The summed E-state index contributed by atoms with van der Waals surface area (Å²) in [5, 5.41) is 9.67. The largest absolute Gasteiger partial charge is 0.457 e. The molecule has 0 bridgehead atoms. The van der Waals surface area contributed by atoms with Crippen LogP contribution in [0.4, 0.5) is 4.39 Å². The molecule has 116 valence electrons. The molecule has 3 unspecified atom stereocenters. The number of halogens is 1. The van der Waals surface area contributed by atoms with Gasteiger partial charge in [0.25, 0.3) is 5.56 Å². The molecular formula is C12H15FN2O6. The molecule has 0 spiro atoms. The van der Waals surface area contributed by atoms with Crippen molar-refractivity contribution in [2.45, 2.75) is 44.8 Å². The van der Waals surface area contributed by atoms with E-state index in [0.717, 1.165) is 4.57 Å². The number of hydrogen-bond acceptors (Lipinski definition) is 6. The molecule has 2 heterocycles. The number of carbonyl (C=O) groups excluding carboxylic acids is 1. The van der Waals surface area contributed by atoms with E-state index in [1.54, 1.807) is 11.9 Å². The first-order valence-electron chi connectivity index (χ1n) is 6.46. The van der Waals surface area contributed by atoms with Gasteiger partial charge in [0, 0.05) is 12.8 Å². The number of H-pyrrole nitrogens is 1. The van der Waals surface area contributed by atoms with E-state index in [-0.39, 0.29) is 12.8 Å². The summed E-state index contributed by atoms with van der Waals surface area (Å²) in [5.74, 6) is -1.65. The van der Waals surface area contributed by atoms with Gasteiger partial charge < -0.3 is 14.6 Å². The minimum atomic E-state index is -1.42. The number of nitrogens with one attached hydrogen (secondary N) is 1. The number of carbonyl (C=O) groups is 1. The highest BCUT2D eigenvalue weighted by molar-refractivity contribution is 5.69. The lowest BCUT2D eigenvalue weighted by Gasteiger charge is -2.13. The zero-order valence-electron chi connectivity index (χ0n) is 11.2. The third-order valence-electron chi connectivity index (χ3n) is 3.02. The van der Waals surface area contributed by atoms with Crippen LogP contribution in [0.3, 0.4) is 0 Å². The van der Waals surface area contributed by atoms with Gasteiger partial charge >= 0.3 is 11.7 Å². The Kier molecular flexibility index (Phi) is 4.53. The summed E-state index contributed by atoms with van der Waals surface area (Å²) >= 11 is 0. The lowest BCUT2D eigenvalue weighted by molar-refractivity contribution is -0.173. The van der Waals surface area contributed by atoms with E-state index in [4.69, 9.17) is 9.47 Å². The zero-order valence-corrected chi connectivity index (χ0v) is 11.2. The van der Waals surface area contributed by atoms with E-state index in [9.17, 15) is 23.9 Å². The molecule has 0 amide bonds. The number of aromatic amines is 1. The number of aliphatic hydroxyl groups excluding tert-OH is 1. The van der Waals surface area contributed by atoms with Crippen LogP contribution in [0, 0.1) is 5.82 Å². The van der Waals surface area contributed by atoms with Crippen LogP contribution in [0.5, 0.6) is 0 Å². The van der Waals surface area contributed by atoms with Crippen LogP contribution >= 0.6 is 0 Å². The monoisotopic (exact) mass is 302 g/mol. The third kappa shape index (κ3) is 3.37. The summed E-state index contributed by atoms with van der Waals surface area (Å²) in [5.41, 5.74) is -2.01. The maximum Gasteiger partial charge on any atom is 0.330 e. The molecule has 9 heteroatoms. The van der Waals surface area contributed by atoms with E-state index in [1.165, 1.54) is 0 Å².